The molecule has 0 aliphatic carbocycles. The number of hydrogen-bond acceptors (Lipinski definition) is 5. The fourth-order valence-electron chi connectivity index (χ4n) is 5.00. The van der Waals surface area contributed by atoms with Gasteiger partial charge in [0.05, 0.1) is 17.6 Å². The largest absolute Gasteiger partial charge is 0.492 e. The van der Waals surface area contributed by atoms with Gasteiger partial charge < -0.3 is 4.74 Å². The van der Waals surface area contributed by atoms with Crippen LogP contribution in [0.25, 0.3) is 11.0 Å². The summed E-state index contributed by atoms with van der Waals surface area (Å²) in [6.07, 6.45) is 2.63. The summed E-state index contributed by atoms with van der Waals surface area (Å²) in [5, 5.41) is 2.36. The van der Waals surface area contributed by atoms with Gasteiger partial charge in [0.25, 0.3) is 0 Å². The lowest BCUT2D eigenvalue weighted by Gasteiger charge is -2.33. The zero-order chi connectivity index (χ0) is 23.9. The van der Waals surface area contributed by atoms with Crippen LogP contribution in [0.3, 0.4) is 0 Å². The molecular weight excluding hydrogens is 420 g/mol. The Morgan fingerprint density at radius 1 is 1.12 bits per heavy atom. The molecule has 2 fully saturated rings. The summed E-state index contributed by atoms with van der Waals surface area (Å²) in [7, 11) is 1.74. The second-order valence-corrected chi connectivity index (χ2v) is 10.2. The molecule has 0 saturated carbocycles. The molecule has 2 saturated heterocycles. The number of imidazole rings is 1. The van der Waals surface area contributed by atoms with Gasteiger partial charge in [-0.3, -0.25) is 28.9 Å². The first-order valence-electron chi connectivity index (χ1n) is 11.7. The predicted molar refractivity (Wildman–Crippen MR) is 127 cm³/mol. The van der Waals surface area contributed by atoms with E-state index in [2.05, 4.69) is 28.9 Å². The number of nitrogens with zero attached hydrogens (tertiary/aromatic N) is 3. The van der Waals surface area contributed by atoms with Gasteiger partial charge in [0.15, 0.2) is 0 Å². The van der Waals surface area contributed by atoms with E-state index in [1.54, 1.807) is 11.6 Å². The molecule has 178 valence electrons. The number of ether oxygens (including phenoxy) is 1. The fraction of sp³-hybridized carbons (Fsp3) is 0.560. The van der Waals surface area contributed by atoms with Gasteiger partial charge in [0, 0.05) is 13.5 Å². The van der Waals surface area contributed by atoms with Crippen molar-refractivity contribution in [2.75, 3.05) is 19.6 Å². The summed E-state index contributed by atoms with van der Waals surface area (Å²) >= 11 is 0. The van der Waals surface area contributed by atoms with Crippen molar-refractivity contribution >= 4 is 22.8 Å². The van der Waals surface area contributed by atoms with Crippen LogP contribution in [0.1, 0.15) is 64.0 Å². The maximum Gasteiger partial charge on any atom is 0.329 e. The van der Waals surface area contributed by atoms with Gasteiger partial charge in [-0.2, -0.15) is 0 Å². The molecule has 1 atom stereocenters. The Labute approximate surface area is 194 Å². The first kappa shape index (κ1) is 23.3. The van der Waals surface area contributed by atoms with E-state index in [9.17, 15) is 14.4 Å². The lowest BCUT2D eigenvalue weighted by atomic mass is 9.89. The number of rotatable bonds is 5. The number of nitrogens with one attached hydrogen (secondary N) is 1. The second-order valence-electron chi connectivity index (χ2n) is 10.2. The van der Waals surface area contributed by atoms with Crippen LogP contribution in [0.4, 0.5) is 0 Å². The monoisotopic (exact) mass is 454 g/mol. The highest BCUT2D eigenvalue weighted by atomic mass is 16.5. The molecule has 1 aromatic heterocycles. The SMILES string of the molecule is C=C(CN1CCC(c2ccc3c(c2)n(C)c(=O)n3C2CCC(=O)NC2=O)CC1)OC(C)(C)C. The maximum atomic E-state index is 13.0. The number of fused-ring (bicyclic) bond motifs is 1. The highest BCUT2D eigenvalue weighted by Crippen LogP contribution is 2.31. The number of imide groups is 1. The van der Waals surface area contributed by atoms with Gasteiger partial charge in [-0.1, -0.05) is 12.6 Å². The first-order valence-corrected chi connectivity index (χ1v) is 11.7. The van der Waals surface area contributed by atoms with Crippen LogP contribution in [0.15, 0.2) is 35.3 Å². The Bertz CT molecular complexity index is 1150. The van der Waals surface area contributed by atoms with E-state index in [0.717, 1.165) is 49.3 Å². The van der Waals surface area contributed by atoms with E-state index in [-0.39, 0.29) is 23.6 Å². The van der Waals surface area contributed by atoms with Gasteiger partial charge in [-0.05, 0) is 76.7 Å². The molecule has 1 aromatic carbocycles. The number of piperidine rings is 2. The number of hydrogen-bond donors (Lipinski definition) is 1. The quantitative estimate of drug-likeness (QED) is 0.555. The topological polar surface area (TPSA) is 85.6 Å². The molecule has 8 nitrogen and oxygen atoms in total. The van der Waals surface area contributed by atoms with Crippen molar-refractivity contribution in [3.8, 4) is 0 Å². The van der Waals surface area contributed by atoms with E-state index < -0.39 is 11.9 Å². The molecule has 0 bridgehead atoms. The van der Waals surface area contributed by atoms with E-state index in [1.807, 2.05) is 26.8 Å². The fourth-order valence-corrected chi connectivity index (χ4v) is 5.00. The van der Waals surface area contributed by atoms with Crippen molar-refractivity contribution in [1.82, 2.24) is 19.4 Å². The average Bonchev–Trinajstić information content (AvgIpc) is 2.97. The molecule has 2 aliphatic heterocycles. The molecule has 33 heavy (non-hydrogen) atoms. The Morgan fingerprint density at radius 3 is 2.45 bits per heavy atom. The van der Waals surface area contributed by atoms with Crippen LogP contribution >= 0.6 is 0 Å². The molecule has 2 aromatic rings. The third kappa shape index (κ3) is 4.90. The minimum absolute atomic E-state index is 0.231. The van der Waals surface area contributed by atoms with Crippen molar-refractivity contribution in [1.29, 1.82) is 0 Å². The van der Waals surface area contributed by atoms with Gasteiger partial charge >= 0.3 is 5.69 Å². The minimum atomic E-state index is -0.656. The number of aromatic nitrogens is 2. The van der Waals surface area contributed by atoms with Crippen molar-refractivity contribution < 1.29 is 14.3 Å². The van der Waals surface area contributed by atoms with E-state index >= 15 is 0 Å². The summed E-state index contributed by atoms with van der Waals surface area (Å²) in [5.41, 5.74) is 2.29. The molecule has 1 N–H and O–H groups in total. The maximum absolute atomic E-state index is 13.0. The average molecular weight is 455 g/mol. The van der Waals surface area contributed by atoms with Gasteiger partial charge in [-0.25, -0.2) is 4.79 Å². The molecule has 3 heterocycles. The van der Waals surface area contributed by atoms with Gasteiger partial charge in [-0.15, -0.1) is 0 Å². The van der Waals surface area contributed by atoms with Gasteiger partial charge in [0.2, 0.25) is 11.8 Å². The third-order valence-electron chi connectivity index (χ3n) is 6.54. The normalized spacial score (nSPS) is 20.8. The van der Waals surface area contributed by atoms with Crippen molar-refractivity contribution in [2.45, 2.75) is 64.0 Å². The minimum Gasteiger partial charge on any atom is -0.492 e. The van der Waals surface area contributed by atoms with E-state index in [4.69, 9.17) is 4.74 Å². The van der Waals surface area contributed by atoms with Crippen LogP contribution in [-0.4, -0.2) is 51.1 Å². The lowest BCUT2D eigenvalue weighted by Crippen LogP contribution is -2.44. The van der Waals surface area contributed by atoms with Crippen LogP contribution in [0, 0.1) is 0 Å². The second kappa shape index (κ2) is 8.82. The molecule has 4 rings (SSSR count). The van der Waals surface area contributed by atoms with Crippen molar-refractivity contribution in [3.05, 3.63) is 46.6 Å². The zero-order valence-corrected chi connectivity index (χ0v) is 20.0. The Balaban J connectivity index is 1.49. The molecule has 1 unspecified atom stereocenters. The molecular formula is C25H34N4O4. The molecule has 8 heteroatoms. The molecule has 2 amide bonds. The van der Waals surface area contributed by atoms with Crippen LogP contribution in [0.2, 0.25) is 0 Å². The third-order valence-corrected chi connectivity index (χ3v) is 6.54. The van der Waals surface area contributed by atoms with Crippen LogP contribution in [0.5, 0.6) is 0 Å². The van der Waals surface area contributed by atoms with E-state index in [1.165, 1.54) is 10.1 Å². The first-order chi connectivity index (χ1) is 15.5. The standard InChI is InChI=1S/C25H34N4O4/c1-16(33-25(2,3)4)15-28-12-10-17(11-13-28)18-6-7-19-21(14-18)27(5)24(32)29(19)20-8-9-22(30)26-23(20)31/h6-7,14,17,20H,1,8-13,15H2,2-5H3,(H,26,30,31). The highest BCUT2D eigenvalue weighted by molar-refractivity contribution is 6.00. The van der Waals surface area contributed by atoms with Gasteiger partial charge in [0.1, 0.15) is 17.4 Å². The molecule has 0 spiro atoms. The zero-order valence-electron chi connectivity index (χ0n) is 20.0. The van der Waals surface area contributed by atoms with Crippen molar-refractivity contribution in [3.63, 3.8) is 0 Å². The predicted octanol–water partition coefficient (Wildman–Crippen LogP) is 2.83. The summed E-state index contributed by atoms with van der Waals surface area (Å²) < 4.78 is 9.01. The number of aryl methyl sites for hydroxylation is 1. The summed E-state index contributed by atoms with van der Waals surface area (Å²) in [5.74, 6) is 0.518. The number of carbonyl (C=O) groups is 2. The van der Waals surface area contributed by atoms with Crippen LogP contribution in [-0.2, 0) is 21.4 Å². The van der Waals surface area contributed by atoms with Crippen LogP contribution < -0.4 is 11.0 Å². The highest BCUT2D eigenvalue weighted by Gasteiger charge is 2.31. The Morgan fingerprint density at radius 2 is 1.82 bits per heavy atom. The Kier molecular flexibility index (Phi) is 6.22. The molecule has 2 aliphatic rings. The number of likely N-dealkylation sites (tertiary alicyclic amines) is 1. The lowest BCUT2D eigenvalue weighted by molar-refractivity contribution is -0.135. The Hall–Kier alpha value is -2.87. The van der Waals surface area contributed by atoms with Crippen molar-refractivity contribution in [2.24, 2.45) is 7.05 Å². The summed E-state index contributed by atoms with van der Waals surface area (Å²) in [6.45, 7) is 12.8. The summed E-state index contributed by atoms with van der Waals surface area (Å²) in [4.78, 5) is 39.3. The number of amides is 2. The summed E-state index contributed by atoms with van der Waals surface area (Å²) in [6, 6.07) is 5.45. The molecule has 0 radical (unpaired) electrons. The van der Waals surface area contributed by atoms with E-state index in [0.29, 0.717) is 12.3 Å². The number of benzene rings is 1. The number of carbonyl (C=O) groups excluding carboxylic acids is 2. The smallest absolute Gasteiger partial charge is 0.329 e.